The highest BCUT2D eigenvalue weighted by Gasteiger charge is 2.21. The van der Waals surface area contributed by atoms with E-state index in [0.717, 1.165) is 11.1 Å². The molecule has 0 aliphatic heterocycles. The summed E-state index contributed by atoms with van der Waals surface area (Å²) >= 11 is 0. The van der Waals surface area contributed by atoms with E-state index in [4.69, 9.17) is 14.2 Å². The summed E-state index contributed by atoms with van der Waals surface area (Å²) in [5, 5.41) is 2.53. The Morgan fingerprint density at radius 3 is 2.09 bits per heavy atom. The van der Waals surface area contributed by atoms with Gasteiger partial charge in [0.05, 0.1) is 12.8 Å². The fourth-order valence-corrected chi connectivity index (χ4v) is 2.97. The minimum atomic E-state index is -0.529. The zero-order valence-electron chi connectivity index (χ0n) is 18.2. The number of ether oxygens (including phenoxy) is 3. The number of hydrogen-bond donors (Lipinski definition) is 1. The average Bonchev–Trinajstić information content (AvgIpc) is 2.82. The first-order valence-corrected chi connectivity index (χ1v) is 10.3. The number of nitrogens with zero attached hydrogens (tertiary/aromatic N) is 1. The first-order chi connectivity index (χ1) is 15.6. The number of hydrogen-bond acceptors (Lipinski definition) is 6. The van der Waals surface area contributed by atoms with Crippen LogP contribution >= 0.6 is 0 Å². The van der Waals surface area contributed by atoms with E-state index in [1.54, 1.807) is 6.92 Å². The monoisotopic (exact) mass is 434 g/mol. The van der Waals surface area contributed by atoms with Crippen molar-refractivity contribution in [1.29, 1.82) is 0 Å². The van der Waals surface area contributed by atoms with Crippen LogP contribution in [0.4, 0.5) is 0 Å². The fourth-order valence-electron chi connectivity index (χ4n) is 2.97. The quantitative estimate of drug-likeness (QED) is 0.488. The third-order valence-electron chi connectivity index (χ3n) is 4.61. The molecule has 2 aromatic carbocycles. The Hall–Kier alpha value is -3.87. The van der Waals surface area contributed by atoms with E-state index in [1.165, 1.54) is 6.20 Å². The van der Waals surface area contributed by atoms with Crippen molar-refractivity contribution in [3.8, 4) is 11.5 Å². The van der Waals surface area contributed by atoms with Crippen LogP contribution in [0.25, 0.3) is 0 Å². The van der Waals surface area contributed by atoms with Crippen LogP contribution < -0.4 is 14.8 Å². The van der Waals surface area contributed by atoms with Gasteiger partial charge in [0.1, 0.15) is 25.5 Å². The number of pyridine rings is 1. The van der Waals surface area contributed by atoms with Gasteiger partial charge in [0.15, 0.2) is 11.4 Å². The van der Waals surface area contributed by atoms with Crippen LogP contribution in [0.1, 0.15) is 34.1 Å². The number of carbonyl (C=O) groups is 2. The summed E-state index contributed by atoms with van der Waals surface area (Å²) < 4.78 is 16.8. The van der Waals surface area contributed by atoms with Crippen LogP contribution in [-0.2, 0) is 22.7 Å². The first kappa shape index (κ1) is 22.8. The van der Waals surface area contributed by atoms with Crippen molar-refractivity contribution in [1.82, 2.24) is 10.3 Å². The largest absolute Gasteiger partial charge is 0.487 e. The van der Waals surface area contributed by atoms with Crippen molar-refractivity contribution in [3.05, 3.63) is 89.2 Å². The third kappa shape index (κ3) is 6.31. The molecule has 0 spiro atoms. The van der Waals surface area contributed by atoms with E-state index in [-0.39, 0.29) is 25.5 Å². The number of esters is 1. The molecular weight excluding hydrogens is 408 g/mol. The van der Waals surface area contributed by atoms with E-state index in [1.807, 2.05) is 67.6 Å². The highest BCUT2D eigenvalue weighted by atomic mass is 16.5. The van der Waals surface area contributed by atoms with Crippen LogP contribution in [0.2, 0.25) is 0 Å². The predicted molar refractivity (Wildman–Crippen MR) is 119 cm³/mol. The Labute approximate surface area is 187 Å². The standard InChI is InChI=1S/C25H26N2O5/c1-3-30-22(28)15-27-25(29)23-24(32-17-20-12-8-5-9-13-20)18(2)21(14-26-23)31-16-19-10-6-4-7-11-19/h4-14H,3,15-17H2,1-2H3,(H,27,29). The molecule has 1 amide bonds. The molecule has 32 heavy (non-hydrogen) atoms. The number of nitrogens with one attached hydrogen (secondary N) is 1. The van der Waals surface area contributed by atoms with Crippen molar-refractivity contribution in [2.45, 2.75) is 27.1 Å². The van der Waals surface area contributed by atoms with Gasteiger partial charge in [-0.2, -0.15) is 0 Å². The molecule has 3 rings (SSSR count). The molecule has 166 valence electrons. The lowest BCUT2D eigenvalue weighted by molar-refractivity contribution is -0.141. The zero-order chi connectivity index (χ0) is 22.8. The Kier molecular flexibility index (Phi) is 8.20. The Balaban J connectivity index is 1.81. The van der Waals surface area contributed by atoms with Crippen LogP contribution in [0.5, 0.6) is 11.5 Å². The van der Waals surface area contributed by atoms with Crippen molar-refractivity contribution < 1.29 is 23.8 Å². The summed E-state index contributed by atoms with van der Waals surface area (Å²) in [6, 6.07) is 19.4. The SMILES string of the molecule is CCOC(=O)CNC(=O)c1ncc(OCc2ccccc2)c(C)c1OCc1ccccc1. The zero-order valence-corrected chi connectivity index (χ0v) is 18.2. The smallest absolute Gasteiger partial charge is 0.325 e. The second-order valence-corrected chi connectivity index (χ2v) is 6.96. The number of benzene rings is 2. The topological polar surface area (TPSA) is 86.8 Å². The highest BCUT2D eigenvalue weighted by molar-refractivity contribution is 5.97. The molecule has 0 aliphatic rings. The molecule has 0 saturated carbocycles. The molecule has 0 fully saturated rings. The van der Waals surface area contributed by atoms with Gasteiger partial charge in [-0.3, -0.25) is 9.59 Å². The van der Waals surface area contributed by atoms with E-state index < -0.39 is 11.9 Å². The molecular formula is C25H26N2O5. The first-order valence-electron chi connectivity index (χ1n) is 10.3. The maximum absolute atomic E-state index is 12.7. The fraction of sp³-hybridized carbons (Fsp3) is 0.240. The number of amides is 1. The summed E-state index contributed by atoms with van der Waals surface area (Å²) in [5.74, 6) is -0.231. The van der Waals surface area contributed by atoms with Gasteiger partial charge >= 0.3 is 5.97 Å². The minimum Gasteiger partial charge on any atom is -0.487 e. The number of carbonyl (C=O) groups excluding carboxylic acids is 2. The van der Waals surface area contributed by atoms with Gasteiger partial charge in [-0.05, 0) is 25.0 Å². The average molecular weight is 434 g/mol. The van der Waals surface area contributed by atoms with Crippen LogP contribution in [0.15, 0.2) is 66.9 Å². The molecule has 1 heterocycles. The maximum Gasteiger partial charge on any atom is 0.325 e. The van der Waals surface area contributed by atoms with Crippen LogP contribution in [-0.4, -0.2) is 30.0 Å². The van der Waals surface area contributed by atoms with Gasteiger partial charge < -0.3 is 19.5 Å². The summed E-state index contributed by atoms with van der Waals surface area (Å²) in [6.07, 6.45) is 1.49. The number of aromatic nitrogens is 1. The Morgan fingerprint density at radius 1 is 0.906 bits per heavy atom. The van der Waals surface area contributed by atoms with Crippen molar-refractivity contribution >= 4 is 11.9 Å². The minimum absolute atomic E-state index is 0.0785. The second-order valence-electron chi connectivity index (χ2n) is 6.96. The van der Waals surface area contributed by atoms with Crippen molar-refractivity contribution in [2.75, 3.05) is 13.2 Å². The van der Waals surface area contributed by atoms with Crippen LogP contribution in [0.3, 0.4) is 0 Å². The molecule has 0 saturated heterocycles. The molecule has 3 aromatic rings. The van der Waals surface area contributed by atoms with Crippen LogP contribution in [0, 0.1) is 6.92 Å². The molecule has 7 heteroatoms. The summed E-state index contributed by atoms with van der Waals surface area (Å²) in [4.78, 5) is 28.6. The van der Waals surface area contributed by atoms with Crippen molar-refractivity contribution in [3.63, 3.8) is 0 Å². The van der Waals surface area contributed by atoms with Gasteiger partial charge in [-0.15, -0.1) is 0 Å². The Bertz CT molecular complexity index is 1040. The van der Waals surface area contributed by atoms with Gasteiger partial charge in [0.2, 0.25) is 0 Å². The third-order valence-corrected chi connectivity index (χ3v) is 4.61. The molecule has 0 unspecified atom stereocenters. The molecule has 0 radical (unpaired) electrons. The number of rotatable bonds is 10. The molecule has 0 atom stereocenters. The lowest BCUT2D eigenvalue weighted by Crippen LogP contribution is -2.31. The maximum atomic E-state index is 12.7. The normalized spacial score (nSPS) is 10.3. The molecule has 0 bridgehead atoms. The van der Waals surface area contributed by atoms with Gasteiger partial charge in [0.25, 0.3) is 5.91 Å². The van der Waals surface area contributed by atoms with E-state index >= 15 is 0 Å². The lowest BCUT2D eigenvalue weighted by Gasteiger charge is -2.17. The lowest BCUT2D eigenvalue weighted by atomic mass is 10.1. The predicted octanol–water partition coefficient (Wildman–Crippen LogP) is 3.84. The Morgan fingerprint density at radius 2 is 1.50 bits per heavy atom. The van der Waals surface area contributed by atoms with Gasteiger partial charge in [-0.25, -0.2) is 4.98 Å². The molecule has 1 N–H and O–H groups in total. The van der Waals surface area contributed by atoms with E-state index in [9.17, 15) is 9.59 Å². The highest BCUT2D eigenvalue weighted by Crippen LogP contribution is 2.31. The summed E-state index contributed by atoms with van der Waals surface area (Å²) in [5.41, 5.74) is 2.68. The molecule has 7 nitrogen and oxygen atoms in total. The summed E-state index contributed by atoms with van der Waals surface area (Å²) in [6.45, 7) is 4.11. The van der Waals surface area contributed by atoms with Crippen molar-refractivity contribution in [2.24, 2.45) is 0 Å². The van der Waals surface area contributed by atoms with E-state index in [2.05, 4.69) is 10.3 Å². The summed E-state index contributed by atoms with van der Waals surface area (Å²) in [7, 11) is 0. The molecule has 0 aliphatic carbocycles. The van der Waals surface area contributed by atoms with E-state index in [0.29, 0.717) is 23.7 Å². The van der Waals surface area contributed by atoms with Gasteiger partial charge in [-0.1, -0.05) is 60.7 Å². The van der Waals surface area contributed by atoms with Gasteiger partial charge in [0, 0.05) is 5.56 Å². The second kappa shape index (κ2) is 11.5. The molecule has 1 aromatic heterocycles.